The predicted octanol–water partition coefficient (Wildman–Crippen LogP) is 4.33. The highest BCUT2D eigenvalue weighted by Crippen LogP contribution is 2.31. The van der Waals surface area contributed by atoms with Crippen molar-refractivity contribution in [3.8, 4) is 5.69 Å². The van der Waals surface area contributed by atoms with E-state index >= 15 is 0 Å². The number of hydrogen-bond donors (Lipinski definition) is 1. The Labute approximate surface area is 150 Å². The fourth-order valence-corrected chi connectivity index (χ4v) is 3.31. The second-order valence-electron chi connectivity index (χ2n) is 6.85. The van der Waals surface area contributed by atoms with Gasteiger partial charge in [-0.2, -0.15) is 18.3 Å². The van der Waals surface area contributed by atoms with Crippen LogP contribution >= 0.6 is 0 Å². The third kappa shape index (κ3) is 4.08. The van der Waals surface area contributed by atoms with Crippen LogP contribution in [0.25, 0.3) is 5.69 Å². The molecule has 2 aromatic rings. The fourth-order valence-electron chi connectivity index (χ4n) is 3.31. The van der Waals surface area contributed by atoms with E-state index in [1.165, 1.54) is 11.1 Å². The molecule has 1 amide bonds. The van der Waals surface area contributed by atoms with Gasteiger partial charge in [-0.1, -0.05) is 6.07 Å². The van der Waals surface area contributed by atoms with Gasteiger partial charge in [-0.3, -0.25) is 4.79 Å². The molecule has 0 saturated heterocycles. The number of aryl methyl sites for hydroxylation is 2. The van der Waals surface area contributed by atoms with E-state index in [1.54, 1.807) is 6.20 Å². The van der Waals surface area contributed by atoms with Crippen molar-refractivity contribution in [1.82, 2.24) is 15.1 Å². The minimum absolute atomic E-state index is 0.278. The summed E-state index contributed by atoms with van der Waals surface area (Å²) in [6.07, 6.45) is -1.84. The van der Waals surface area contributed by atoms with E-state index in [4.69, 9.17) is 0 Å². The van der Waals surface area contributed by atoms with Gasteiger partial charge in [0.2, 0.25) is 5.91 Å². The highest BCUT2D eigenvalue weighted by molar-refractivity contribution is 5.76. The van der Waals surface area contributed by atoms with E-state index in [0.717, 1.165) is 29.8 Å². The first-order chi connectivity index (χ1) is 12.2. The van der Waals surface area contributed by atoms with Crippen molar-refractivity contribution in [3.63, 3.8) is 0 Å². The zero-order valence-corrected chi connectivity index (χ0v) is 14.9. The molecule has 140 valence electrons. The first-order valence-electron chi connectivity index (χ1n) is 8.75. The summed E-state index contributed by atoms with van der Waals surface area (Å²) in [7, 11) is 0. The van der Waals surface area contributed by atoms with E-state index in [1.807, 2.05) is 30.7 Å². The summed E-state index contributed by atoms with van der Waals surface area (Å²) in [6.45, 7) is 4.09. The summed E-state index contributed by atoms with van der Waals surface area (Å²) in [6, 6.07) is 5.83. The molecule has 0 radical (unpaired) electrons. The number of amides is 1. The predicted molar refractivity (Wildman–Crippen MR) is 92.1 cm³/mol. The van der Waals surface area contributed by atoms with Gasteiger partial charge in [-0.25, -0.2) is 4.68 Å². The van der Waals surface area contributed by atoms with Crippen molar-refractivity contribution in [3.05, 3.63) is 46.8 Å². The molecule has 0 saturated carbocycles. The van der Waals surface area contributed by atoms with Gasteiger partial charge in [-0.05, 0) is 56.4 Å². The number of benzene rings is 1. The largest absolute Gasteiger partial charge is 0.389 e. The van der Waals surface area contributed by atoms with Crippen LogP contribution in [0.1, 0.15) is 54.1 Å². The molecule has 26 heavy (non-hydrogen) atoms. The van der Waals surface area contributed by atoms with Crippen LogP contribution in [0.3, 0.4) is 0 Å². The van der Waals surface area contributed by atoms with Crippen LogP contribution in [0.4, 0.5) is 13.2 Å². The summed E-state index contributed by atoms with van der Waals surface area (Å²) in [5, 5.41) is 7.21. The van der Waals surface area contributed by atoms with Crippen LogP contribution in [0.2, 0.25) is 0 Å². The zero-order chi connectivity index (χ0) is 18.9. The molecular formula is C19H22F3N3O. The first kappa shape index (κ1) is 18.5. The Bertz CT molecular complexity index is 811. The fraction of sp³-hybridized carbons (Fsp3) is 0.474. The second kappa shape index (κ2) is 7.13. The molecule has 0 aliphatic heterocycles. The van der Waals surface area contributed by atoms with Gasteiger partial charge in [0.25, 0.3) is 0 Å². The molecule has 1 heterocycles. The molecule has 7 heteroatoms. The number of rotatable bonds is 4. The smallest absolute Gasteiger partial charge is 0.349 e. The molecule has 4 nitrogen and oxygen atoms in total. The monoisotopic (exact) mass is 365 g/mol. The lowest BCUT2D eigenvalue weighted by Crippen LogP contribution is -2.31. The maximum atomic E-state index is 12.3. The summed E-state index contributed by atoms with van der Waals surface area (Å²) < 4.78 is 38.7. The number of nitrogens with zero attached hydrogens (tertiary/aromatic N) is 2. The lowest BCUT2D eigenvalue weighted by atomic mass is 9.92. The van der Waals surface area contributed by atoms with Crippen LogP contribution in [0.15, 0.2) is 24.4 Å². The van der Waals surface area contributed by atoms with Crippen molar-refractivity contribution >= 4 is 5.91 Å². The Balaban J connectivity index is 1.78. The molecule has 0 bridgehead atoms. The van der Waals surface area contributed by atoms with Crippen molar-refractivity contribution in [2.75, 3.05) is 0 Å². The van der Waals surface area contributed by atoms with Gasteiger partial charge in [0.15, 0.2) is 0 Å². The van der Waals surface area contributed by atoms with Crippen LogP contribution in [-0.4, -0.2) is 21.9 Å². The van der Waals surface area contributed by atoms with Gasteiger partial charge < -0.3 is 5.32 Å². The van der Waals surface area contributed by atoms with Gasteiger partial charge in [0, 0.05) is 17.7 Å². The van der Waals surface area contributed by atoms with Crippen molar-refractivity contribution in [1.29, 1.82) is 0 Å². The van der Waals surface area contributed by atoms with Gasteiger partial charge in [0.05, 0.1) is 24.3 Å². The average Bonchev–Trinajstić information content (AvgIpc) is 3.00. The van der Waals surface area contributed by atoms with E-state index in [2.05, 4.69) is 16.5 Å². The Kier molecular flexibility index (Phi) is 5.07. The number of hydrogen-bond acceptors (Lipinski definition) is 2. The molecule has 1 aromatic carbocycles. The maximum absolute atomic E-state index is 12.3. The minimum Gasteiger partial charge on any atom is -0.349 e. The summed E-state index contributed by atoms with van der Waals surface area (Å²) in [5.41, 5.74) is 5.23. The minimum atomic E-state index is -4.32. The first-order valence-corrected chi connectivity index (χ1v) is 8.75. The van der Waals surface area contributed by atoms with E-state index in [-0.39, 0.29) is 6.04 Å². The number of alkyl halides is 3. The third-order valence-electron chi connectivity index (χ3n) is 4.89. The van der Waals surface area contributed by atoms with Crippen LogP contribution < -0.4 is 5.32 Å². The molecule has 1 aromatic heterocycles. The molecule has 1 aliphatic rings. The number of fused-ring (bicyclic) bond motifs is 1. The van der Waals surface area contributed by atoms with E-state index < -0.39 is 24.9 Å². The molecule has 1 N–H and O–H groups in total. The van der Waals surface area contributed by atoms with Crippen molar-refractivity contribution in [2.45, 2.75) is 58.2 Å². The maximum Gasteiger partial charge on any atom is 0.389 e. The Morgan fingerprint density at radius 1 is 1.31 bits per heavy atom. The lowest BCUT2D eigenvalue weighted by Gasteiger charge is -2.24. The number of nitrogens with one attached hydrogen (secondary N) is 1. The molecule has 3 rings (SSSR count). The average molecular weight is 365 g/mol. The quantitative estimate of drug-likeness (QED) is 0.877. The van der Waals surface area contributed by atoms with Crippen molar-refractivity contribution in [2.24, 2.45) is 0 Å². The Morgan fingerprint density at radius 3 is 2.77 bits per heavy atom. The number of halogens is 3. The van der Waals surface area contributed by atoms with Gasteiger partial charge in [-0.15, -0.1) is 0 Å². The number of aromatic nitrogens is 2. The molecule has 1 aliphatic carbocycles. The molecule has 1 unspecified atom stereocenters. The highest BCUT2D eigenvalue weighted by Gasteiger charge is 2.30. The standard InChI is InChI=1S/C19H22F3N3O/c1-12-6-7-14(10-13(12)2)25-17-5-3-4-16(15(17)11-23-25)24-18(26)8-9-19(20,21)22/h6-7,10-11,16H,3-5,8-9H2,1-2H3,(H,24,26). The number of carbonyl (C=O) groups is 1. The topological polar surface area (TPSA) is 46.9 Å². The lowest BCUT2D eigenvalue weighted by molar-refractivity contribution is -0.144. The SMILES string of the molecule is Cc1ccc(-n2ncc3c2CCCC3NC(=O)CCC(F)(F)F)cc1C. The second-order valence-corrected chi connectivity index (χ2v) is 6.85. The van der Waals surface area contributed by atoms with Crippen LogP contribution in [0, 0.1) is 13.8 Å². The zero-order valence-electron chi connectivity index (χ0n) is 14.9. The van der Waals surface area contributed by atoms with E-state index in [9.17, 15) is 18.0 Å². The molecule has 0 fully saturated rings. The third-order valence-corrected chi connectivity index (χ3v) is 4.89. The van der Waals surface area contributed by atoms with Crippen molar-refractivity contribution < 1.29 is 18.0 Å². The Hall–Kier alpha value is -2.31. The summed E-state index contributed by atoms with van der Waals surface area (Å²) in [5.74, 6) is -0.570. The molecular weight excluding hydrogens is 343 g/mol. The number of carbonyl (C=O) groups excluding carboxylic acids is 1. The van der Waals surface area contributed by atoms with Crippen LogP contribution in [0.5, 0.6) is 0 Å². The highest BCUT2D eigenvalue weighted by atomic mass is 19.4. The summed E-state index contributed by atoms with van der Waals surface area (Å²) in [4.78, 5) is 11.9. The Morgan fingerprint density at radius 2 is 2.08 bits per heavy atom. The summed E-state index contributed by atoms with van der Waals surface area (Å²) >= 11 is 0. The normalized spacial score (nSPS) is 17.0. The van der Waals surface area contributed by atoms with E-state index in [0.29, 0.717) is 6.42 Å². The van der Waals surface area contributed by atoms with Crippen LogP contribution in [-0.2, 0) is 11.2 Å². The molecule has 1 atom stereocenters. The van der Waals surface area contributed by atoms with Gasteiger partial charge in [0.1, 0.15) is 0 Å². The van der Waals surface area contributed by atoms with Gasteiger partial charge >= 0.3 is 6.18 Å². The molecule has 0 spiro atoms.